The first kappa shape index (κ1) is 16.5. The second kappa shape index (κ2) is 7.09. The Morgan fingerprint density at radius 2 is 2.08 bits per heavy atom. The number of aliphatic hydroxyl groups is 1. The lowest BCUT2D eigenvalue weighted by atomic mass is 10.1. The minimum absolute atomic E-state index is 0.224. The number of carbonyl (C=O) groups is 1. The maximum absolute atomic E-state index is 12.5. The fourth-order valence-electron chi connectivity index (χ4n) is 3.45. The average molecular weight is 352 g/mol. The van der Waals surface area contributed by atoms with Gasteiger partial charge < -0.3 is 15.0 Å². The monoisotopic (exact) mass is 352 g/mol. The average Bonchev–Trinajstić information content (AvgIpc) is 3.38. The van der Waals surface area contributed by atoms with Crippen molar-refractivity contribution in [3.8, 4) is 5.69 Å². The van der Waals surface area contributed by atoms with E-state index in [2.05, 4.69) is 20.4 Å². The van der Waals surface area contributed by atoms with E-state index >= 15 is 0 Å². The van der Waals surface area contributed by atoms with Crippen molar-refractivity contribution < 1.29 is 9.90 Å². The van der Waals surface area contributed by atoms with Crippen molar-refractivity contribution in [2.75, 3.05) is 0 Å². The van der Waals surface area contributed by atoms with Gasteiger partial charge in [0.15, 0.2) is 0 Å². The van der Waals surface area contributed by atoms with Crippen molar-refractivity contribution in [3.63, 3.8) is 0 Å². The van der Waals surface area contributed by atoms with Crippen LogP contribution in [-0.2, 0) is 6.54 Å². The Morgan fingerprint density at radius 1 is 1.23 bits per heavy atom. The van der Waals surface area contributed by atoms with Gasteiger partial charge in [-0.15, -0.1) is 0 Å². The Hall–Kier alpha value is -3.00. The first-order chi connectivity index (χ1) is 12.7. The zero-order chi connectivity index (χ0) is 17.9. The van der Waals surface area contributed by atoms with E-state index in [0.717, 1.165) is 18.7 Å². The summed E-state index contributed by atoms with van der Waals surface area (Å²) in [6.45, 7) is 0.795. The van der Waals surface area contributed by atoms with E-state index in [1.807, 2.05) is 22.9 Å². The number of hydrogen-bond donors (Lipinski definition) is 2. The van der Waals surface area contributed by atoms with Crippen molar-refractivity contribution >= 4 is 5.91 Å². The van der Waals surface area contributed by atoms with E-state index in [0.29, 0.717) is 17.9 Å². The lowest BCUT2D eigenvalue weighted by Crippen LogP contribution is -2.39. The minimum atomic E-state index is -0.539. The highest BCUT2D eigenvalue weighted by molar-refractivity contribution is 5.94. The van der Waals surface area contributed by atoms with Gasteiger partial charge in [-0.05, 0) is 30.9 Å². The summed E-state index contributed by atoms with van der Waals surface area (Å²) < 4.78 is 3.63. The van der Waals surface area contributed by atoms with Crippen LogP contribution in [0.1, 0.15) is 23.2 Å². The lowest BCUT2D eigenvalue weighted by molar-refractivity contribution is 0.0873. The van der Waals surface area contributed by atoms with Gasteiger partial charge in [-0.2, -0.15) is 5.10 Å². The van der Waals surface area contributed by atoms with Crippen LogP contribution in [0.4, 0.5) is 0 Å². The number of nitrogens with one attached hydrogen (secondary N) is 1. The Balaban J connectivity index is 1.38. The number of carbonyl (C=O) groups excluding carboxylic acids is 1. The second-order valence-electron chi connectivity index (χ2n) is 6.62. The highest BCUT2D eigenvalue weighted by atomic mass is 16.3. The smallest absolute Gasteiger partial charge is 0.254 e. The topological polar surface area (TPSA) is 97.9 Å². The highest BCUT2D eigenvalue weighted by Crippen LogP contribution is 2.27. The summed E-state index contributed by atoms with van der Waals surface area (Å²) in [5, 5.41) is 17.5. The summed E-state index contributed by atoms with van der Waals surface area (Å²) in [5.41, 5.74) is 1.30. The van der Waals surface area contributed by atoms with Crippen LogP contribution in [0, 0.1) is 5.92 Å². The number of nitrogens with zero attached hydrogens (tertiary/aromatic N) is 5. The van der Waals surface area contributed by atoms with E-state index in [-0.39, 0.29) is 11.9 Å². The standard InChI is InChI=1S/C18H20N6O2/c25-17-8-13(10-23-6-5-20-12-23)7-16(17)22-18(26)14-9-21-24(11-14)15-1-3-19-4-2-15/h1-6,9,11-13,16-17,25H,7-8,10H2,(H,22,26)/t13?,16-,17-/m1/s1. The number of aromatic nitrogens is 5. The molecule has 1 saturated carbocycles. The third-order valence-electron chi connectivity index (χ3n) is 4.74. The quantitative estimate of drug-likeness (QED) is 0.715. The highest BCUT2D eigenvalue weighted by Gasteiger charge is 2.34. The van der Waals surface area contributed by atoms with Crippen LogP contribution in [0.25, 0.3) is 5.69 Å². The van der Waals surface area contributed by atoms with E-state index in [4.69, 9.17) is 0 Å². The van der Waals surface area contributed by atoms with Gasteiger partial charge in [0.25, 0.3) is 5.91 Å². The molecule has 0 saturated heterocycles. The molecule has 0 aliphatic heterocycles. The molecule has 134 valence electrons. The molecule has 0 radical (unpaired) electrons. The molecule has 8 nitrogen and oxygen atoms in total. The molecule has 1 aliphatic carbocycles. The molecule has 2 N–H and O–H groups in total. The molecule has 26 heavy (non-hydrogen) atoms. The Bertz CT molecular complexity index is 861. The van der Waals surface area contributed by atoms with Crippen LogP contribution < -0.4 is 5.32 Å². The van der Waals surface area contributed by atoms with Gasteiger partial charge in [-0.1, -0.05) is 0 Å². The molecule has 1 unspecified atom stereocenters. The Labute approximate surface area is 150 Å². The van der Waals surface area contributed by atoms with Gasteiger partial charge in [0, 0.05) is 37.5 Å². The number of rotatable bonds is 5. The summed E-state index contributed by atoms with van der Waals surface area (Å²) in [6.07, 6.45) is 12.8. The molecule has 3 aromatic heterocycles. The van der Waals surface area contributed by atoms with Crippen LogP contribution in [-0.4, -0.2) is 47.5 Å². The van der Waals surface area contributed by atoms with Crippen LogP contribution in [0.2, 0.25) is 0 Å². The van der Waals surface area contributed by atoms with Crippen molar-refractivity contribution in [1.82, 2.24) is 29.6 Å². The molecule has 0 aromatic carbocycles. The molecular weight excluding hydrogens is 332 g/mol. The van der Waals surface area contributed by atoms with E-state index in [1.54, 1.807) is 35.8 Å². The maximum atomic E-state index is 12.5. The SMILES string of the molecule is O=C(N[C@@H]1CC(Cn2ccnc2)C[C@H]1O)c1cnn(-c2ccncc2)c1. The van der Waals surface area contributed by atoms with Crippen molar-refractivity contribution in [2.45, 2.75) is 31.5 Å². The summed E-state index contributed by atoms with van der Waals surface area (Å²) in [4.78, 5) is 20.5. The Kier molecular flexibility index (Phi) is 4.49. The van der Waals surface area contributed by atoms with Crippen LogP contribution in [0.5, 0.6) is 0 Å². The molecule has 3 heterocycles. The van der Waals surface area contributed by atoms with Crippen molar-refractivity contribution in [3.05, 3.63) is 61.2 Å². The molecule has 0 bridgehead atoms. The number of hydrogen-bond acceptors (Lipinski definition) is 5. The zero-order valence-corrected chi connectivity index (χ0v) is 14.1. The fraction of sp³-hybridized carbons (Fsp3) is 0.333. The van der Waals surface area contributed by atoms with Crippen molar-refractivity contribution in [1.29, 1.82) is 0 Å². The van der Waals surface area contributed by atoms with Crippen LogP contribution in [0.15, 0.2) is 55.6 Å². The predicted octanol–water partition coefficient (Wildman–Crippen LogP) is 1.03. The van der Waals surface area contributed by atoms with E-state index in [1.165, 1.54) is 6.20 Å². The molecule has 0 spiro atoms. The van der Waals surface area contributed by atoms with Crippen LogP contribution >= 0.6 is 0 Å². The number of imidazole rings is 1. The third-order valence-corrected chi connectivity index (χ3v) is 4.74. The molecule has 4 rings (SSSR count). The van der Waals surface area contributed by atoms with Gasteiger partial charge >= 0.3 is 0 Å². The summed E-state index contributed by atoms with van der Waals surface area (Å²) in [5.74, 6) is 0.0849. The summed E-state index contributed by atoms with van der Waals surface area (Å²) >= 11 is 0. The third kappa shape index (κ3) is 3.50. The maximum Gasteiger partial charge on any atom is 0.254 e. The van der Waals surface area contributed by atoms with E-state index in [9.17, 15) is 9.90 Å². The minimum Gasteiger partial charge on any atom is -0.391 e. The van der Waals surface area contributed by atoms with Gasteiger partial charge in [0.1, 0.15) is 0 Å². The number of amides is 1. The van der Waals surface area contributed by atoms with Gasteiger partial charge in [-0.3, -0.25) is 9.78 Å². The summed E-state index contributed by atoms with van der Waals surface area (Å²) in [6, 6.07) is 3.38. The van der Waals surface area contributed by atoms with Crippen LogP contribution in [0.3, 0.4) is 0 Å². The second-order valence-corrected chi connectivity index (χ2v) is 6.62. The Morgan fingerprint density at radius 3 is 2.85 bits per heavy atom. The van der Waals surface area contributed by atoms with Gasteiger partial charge in [-0.25, -0.2) is 9.67 Å². The van der Waals surface area contributed by atoms with Gasteiger partial charge in [0.05, 0.1) is 35.9 Å². The first-order valence-electron chi connectivity index (χ1n) is 8.59. The molecule has 1 fully saturated rings. The first-order valence-corrected chi connectivity index (χ1v) is 8.59. The molecule has 8 heteroatoms. The normalized spacial score (nSPS) is 22.4. The number of pyridine rings is 1. The molecule has 1 amide bonds. The molecule has 3 aromatic rings. The van der Waals surface area contributed by atoms with Crippen molar-refractivity contribution in [2.24, 2.45) is 5.92 Å². The summed E-state index contributed by atoms with van der Waals surface area (Å²) in [7, 11) is 0. The lowest BCUT2D eigenvalue weighted by Gasteiger charge is -2.15. The number of aliphatic hydroxyl groups excluding tert-OH is 1. The largest absolute Gasteiger partial charge is 0.391 e. The predicted molar refractivity (Wildman–Crippen MR) is 93.6 cm³/mol. The van der Waals surface area contributed by atoms with Gasteiger partial charge in [0.2, 0.25) is 0 Å². The fourth-order valence-corrected chi connectivity index (χ4v) is 3.45. The van der Waals surface area contributed by atoms with E-state index < -0.39 is 6.10 Å². The molecule has 1 aliphatic rings. The molecular formula is C18H20N6O2. The molecule has 3 atom stereocenters. The zero-order valence-electron chi connectivity index (χ0n) is 14.1.